The Bertz CT molecular complexity index is 2590. The summed E-state index contributed by atoms with van der Waals surface area (Å²) in [7, 11) is 0. The Morgan fingerprint density at radius 3 is 2.11 bits per heavy atom. The molecule has 0 spiro atoms. The van der Waals surface area contributed by atoms with Gasteiger partial charge in [0.15, 0.2) is 0 Å². The second kappa shape index (κ2) is 23.3. The van der Waals surface area contributed by atoms with Crippen LogP contribution in [0.3, 0.4) is 0 Å². The van der Waals surface area contributed by atoms with Gasteiger partial charge in [-0.25, -0.2) is 4.98 Å². The molecule has 3 fully saturated rings. The van der Waals surface area contributed by atoms with E-state index in [0.29, 0.717) is 106 Å². The van der Waals surface area contributed by atoms with Crippen LogP contribution < -0.4 is 31.9 Å². The predicted molar refractivity (Wildman–Crippen MR) is 260 cm³/mol. The highest BCUT2D eigenvalue weighted by atomic mass is 32.1. The van der Waals surface area contributed by atoms with Gasteiger partial charge in [-0.1, -0.05) is 6.07 Å². The maximum Gasteiger partial charge on any atom is 0.264 e. The number of fused-ring (bicyclic) bond motifs is 2. The second-order valence-corrected chi connectivity index (χ2v) is 18.1. The largest absolute Gasteiger partial charge is 0.397 e. The van der Waals surface area contributed by atoms with Gasteiger partial charge in [0.25, 0.3) is 23.6 Å². The Morgan fingerprint density at radius 2 is 1.41 bits per heavy atom. The number of carbonyl (C=O) groups excluding carboxylic acids is 7. The van der Waals surface area contributed by atoms with Crippen molar-refractivity contribution < 1.29 is 52.5 Å². The Morgan fingerprint density at radius 1 is 0.757 bits per heavy atom. The number of nitrogens with one attached hydrogen (secondary N) is 2. The highest BCUT2D eigenvalue weighted by molar-refractivity contribution is 7.21. The van der Waals surface area contributed by atoms with Crippen LogP contribution in [0.15, 0.2) is 54.7 Å². The zero-order chi connectivity index (χ0) is 49.1. The number of ether oxygens (including phenoxy) is 4. The number of hydrogen-bond donors (Lipinski definition) is 4. The lowest BCUT2D eigenvalue weighted by Crippen LogP contribution is -2.54. The molecule has 2 aromatic heterocycles. The summed E-state index contributed by atoms with van der Waals surface area (Å²) in [5.41, 5.74) is 15.7. The summed E-state index contributed by atoms with van der Waals surface area (Å²) in [5, 5.41) is 6.10. The van der Waals surface area contributed by atoms with Gasteiger partial charge in [0, 0.05) is 88.5 Å². The van der Waals surface area contributed by atoms with Gasteiger partial charge in [0.2, 0.25) is 17.7 Å². The molecule has 4 aromatic rings. The number of amides is 7. The zero-order valence-corrected chi connectivity index (χ0v) is 39.7. The van der Waals surface area contributed by atoms with Crippen LogP contribution in [0.1, 0.15) is 66.4 Å². The van der Waals surface area contributed by atoms with Crippen molar-refractivity contribution in [3.63, 3.8) is 0 Å². The molecule has 4 aliphatic rings. The fourth-order valence-corrected chi connectivity index (χ4v) is 9.98. The number of piperazine rings is 1. The van der Waals surface area contributed by atoms with Crippen molar-refractivity contribution in [3.8, 4) is 0 Å². The average Bonchev–Trinajstić information content (AvgIpc) is 3.70. The number of aromatic nitrogens is 1. The van der Waals surface area contributed by atoms with Crippen LogP contribution >= 0.6 is 11.3 Å². The first-order valence-electron chi connectivity index (χ1n) is 23.5. The summed E-state index contributed by atoms with van der Waals surface area (Å²) in [6, 6.07) is 13.5. The number of nitrogen functional groups attached to an aromatic ring is 1. The number of imide groups is 2. The zero-order valence-electron chi connectivity index (χ0n) is 38.9. The molecular weight excluding hydrogens is 925 g/mol. The number of piperidine rings is 1. The number of hydrogen-bond acceptors (Lipinski definition) is 17. The SMILES string of the molecule is NC(=O)c1sc2nccc(N3CCCN(c4ccc(C(=O)N5CCN(C(=O)CCOCCOCCOCCOCCNc6cccc7c6C(=O)N(C6CCC(=O)NC6=O)C7=O)CC5)cc4)CC3)c2c1N. The van der Waals surface area contributed by atoms with Crippen LogP contribution in [0.2, 0.25) is 0 Å². The summed E-state index contributed by atoms with van der Waals surface area (Å²) >= 11 is 1.21. The Kier molecular flexibility index (Phi) is 16.5. The smallest absolute Gasteiger partial charge is 0.264 e. The standard InChI is InChI=1S/C48H58N10O11S/c49-41-40-35(11-13-52-45(40)70-42(41)43(50)61)55-16-2-15-54(17-18-55)32-7-5-31(6-8-32)46(63)57-21-19-56(20-22-57)38(60)12-23-66-25-27-68-29-30-69-28-26-67-24-14-51-34-4-1-3-33-39(34)48(65)58(47(33)64)36-9-10-37(59)53-44(36)62/h1,3-8,11,13,36,51H,2,9-10,12,14-30,49H2,(H2,50,61)(H,53,59,62). The van der Waals surface area contributed by atoms with Gasteiger partial charge < -0.3 is 55.3 Å². The van der Waals surface area contributed by atoms with Crippen molar-refractivity contribution in [2.75, 3.05) is 133 Å². The third-order valence-corrected chi connectivity index (χ3v) is 13.8. The molecule has 0 aliphatic carbocycles. The van der Waals surface area contributed by atoms with Gasteiger partial charge in [0.1, 0.15) is 15.7 Å². The molecule has 0 saturated carbocycles. The van der Waals surface area contributed by atoms with Gasteiger partial charge in [-0.2, -0.15) is 0 Å². The van der Waals surface area contributed by atoms with E-state index in [2.05, 4.69) is 25.4 Å². The van der Waals surface area contributed by atoms with E-state index in [9.17, 15) is 33.6 Å². The number of rotatable bonds is 21. The van der Waals surface area contributed by atoms with Crippen LogP contribution in [0, 0.1) is 0 Å². The van der Waals surface area contributed by atoms with E-state index in [-0.39, 0.29) is 48.8 Å². The third-order valence-electron chi connectivity index (χ3n) is 12.7. The molecule has 0 radical (unpaired) electrons. The van der Waals surface area contributed by atoms with Crippen molar-refractivity contribution in [1.29, 1.82) is 0 Å². The predicted octanol–water partition coefficient (Wildman–Crippen LogP) is 1.95. The van der Waals surface area contributed by atoms with Gasteiger partial charge in [0.05, 0.1) is 87.2 Å². The van der Waals surface area contributed by atoms with Crippen molar-refractivity contribution in [2.45, 2.75) is 31.7 Å². The van der Waals surface area contributed by atoms with Gasteiger partial charge in [-0.15, -0.1) is 11.3 Å². The topological polar surface area (TPSA) is 262 Å². The lowest BCUT2D eigenvalue weighted by molar-refractivity contribution is -0.136. The average molecular weight is 983 g/mol. The number of pyridine rings is 1. The normalized spacial score (nSPS) is 17.5. The summed E-state index contributed by atoms with van der Waals surface area (Å²) in [5.74, 6) is -2.86. The van der Waals surface area contributed by atoms with Crippen LogP contribution in [0.5, 0.6) is 0 Å². The van der Waals surface area contributed by atoms with Crippen LogP contribution in [0.25, 0.3) is 10.2 Å². The summed E-state index contributed by atoms with van der Waals surface area (Å²) in [6.45, 7) is 7.98. The summed E-state index contributed by atoms with van der Waals surface area (Å²) in [4.78, 5) is 103. The lowest BCUT2D eigenvalue weighted by atomic mass is 10.0. The monoisotopic (exact) mass is 982 g/mol. The van der Waals surface area contributed by atoms with Crippen molar-refractivity contribution in [2.24, 2.45) is 5.73 Å². The molecule has 7 amide bonds. The molecule has 1 unspecified atom stereocenters. The van der Waals surface area contributed by atoms with E-state index in [1.54, 1.807) is 34.2 Å². The first-order valence-corrected chi connectivity index (χ1v) is 24.3. The van der Waals surface area contributed by atoms with Gasteiger partial charge in [-0.3, -0.25) is 43.8 Å². The van der Waals surface area contributed by atoms with E-state index < -0.39 is 35.6 Å². The van der Waals surface area contributed by atoms with Crippen LogP contribution in [-0.4, -0.2) is 179 Å². The van der Waals surface area contributed by atoms with Crippen molar-refractivity contribution in [3.05, 3.63) is 76.3 Å². The van der Waals surface area contributed by atoms with Crippen LogP contribution in [-0.2, 0) is 33.3 Å². The molecule has 372 valence electrons. The minimum Gasteiger partial charge on any atom is -0.397 e. The molecule has 6 N–H and O–H groups in total. The first-order chi connectivity index (χ1) is 34.0. The van der Waals surface area contributed by atoms with E-state index in [0.717, 1.165) is 54.3 Å². The van der Waals surface area contributed by atoms with Crippen LogP contribution in [0.4, 0.5) is 22.7 Å². The van der Waals surface area contributed by atoms with Gasteiger partial charge in [-0.05, 0) is 55.3 Å². The van der Waals surface area contributed by atoms with Crippen molar-refractivity contribution in [1.82, 2.24) is 25.0 Å². The molecule has 8 rings (SSSR count). The maximum absolute atomic E-state index is 13.4. The molecule has 70 heavy (non-hydrogen) atoms. The molecule has 22 heteroatoms. The third kappa shape index (κ3) is 11.5. The highest BCUT2D eigenvalue weighted by Gasteiger charge is 2.45. The Hall–Kier alpha value is -6.72. The minimum absolute atomic E-state index is 0.0177. The molecule has 4 aliphatic heterocycles. The van der Waals surface area contributed by atoms with Crippen molar-refractivity contribution >= 4 is 85.7 Å². The number of benzene rings is 2. The molecule has 2 aromatic carbocycles. The second-order valence-electron chi connectivity index (χ2n) is 17.1. The minimum atomic E-state index is -1.03. The maximum atomic E-state index is 13.4. The van der Waals surface area contributed by atoms with E-state index in [1.807, 2.05) is 30.3 Å². The Balaban J connectivity index is 0.639. The van der Waals surface area contributed by atoms with Gasteiger partial charge >= 0.3 is 0 Å². The number of nitrogens with two attached hydrogens (primary N) is 2. The Labute approximate surface area is 408 Å². The highest BCUT2D eigenvalue weighted by Crippen LogP contribution is 2.39. The number of primary amides is 1. The quantitative estimate of drug-likeness (QED) is 0.0687. The fourth-order valence-electron chi connectivity index (χ4n) is 9.05. The molecular formula is C48H58N10O11S. The fraction of sp³-hybridized carbons (Fsp3) is 0.458. The molecule has 21 nitrogen and oxygen atoms in total. The molecule has 3 saturated heterocycles. The van der Waals surface area contributed by atoms with E-state index >= 15 is 0 Å². The first kappa shape index (κ1) is 49.7. The molecule has 1 atom stereocenters. The van der Waals surface area contributed by atoms with E-state index in [1.165, 1.54) is 11.3 Å². The number of nitrogens with zero attached hydrogens (tertiary/aromatic N) is 6. The molecule has 0 bridgehead atoms. The lowest BCUT2D eigenvalue weighted by Gasteiger charge is -2.35. The number of thiophene rings is 1. The number of anilines is 4. The molecule has 6 heterocycles. The number of carbonyl (C=O) groups is 7. The summed E-state index contributed by atoms with van der Waals surface area (Å²) in [6.07, 6.45) is 3.01. The summed E-state index contributed by atoms with van der Waals surface area (Å²) < 4.78 is 22.4. The van der Waals surface area contributed by atoms with E-state index in [4.69, 9.17) is 30.4 Å².